The monoisotopic (exact) mass is 471 g/mol. The molecule has 1 aliphatic rings. The van der Waals surface area contributed by atoms with Gasteiger partial charge in [-0.05, 0) is 49.6 Å². The summed E-state index contributed by atoms with van der Waals surface area (Å²) in [6, 6.07) is 12.6. The summed E-state index contributed by atoms with van der Waals surface area (Å²) >= 11 is 1.19. The van der Waals surface area contributed by atoms with E-state index in [0.717, 1.165) is 16.8 Å². The summed E-state index contributed by atoms with van der Waals surface area (Å²) < 4.78 is 25.1. The van der Waals surface area contributed by atoms with E-state index < -0.39 is 9.84 Å². The molecule has 0 bridgehead atoms. The molecule has 0 saturated carbocycles. The average Bonchev–Trinajstić information content (AvgIpc) is 3.13. The highest BCUT2D eigenvalue weighted by atomic mass is 32.2. The lowest BCUT2D eigenvalue weighted by Gasteiger charge is -2.23. The number of thioether (sulfide) groups is 1. The van der Waals surface area contributed by atoms with E-state index in [1.165, 1.54) is 16.7 Å². The second-order valence-electron chi connectivity index (χ2n) is 8.12. The van der Waals surface area contributed by atoms with E-state index in [0.29, 0.717) is 22.5 Å². The van der Waals surface area contributed by atoms with Crippen LogP contribution in [-0.4, -0.2) is 59.1 Å². The minimum Gasteiger partial charge on any atom is -0.341 e. The van der Waals surface area contributed by atoms with Gasteiger partial charge >= 0.3 is 0 Å². The van der Waals surface area contributed by atoms with Gasteiger partial charge in [-0.3, -0.25) is 14.2 Å². The van der Waals surface area contributed by atoms with Gasteiger partial charge in [0, 0.05) is 13.1 Å². The first-order valence-electron chi connectivity index (χ1n) is 10.4. The summed E-state index contributed by atoms with van der Waals surface area (Å²) in [6.07, 6.45) is 0.455. The van der Waals surface area contributed by atoms with Crippen molar-refractivity contribution >= 4 is 38.4 Å². The van der Waals surface area contributed by atoms with Crippen molar-refractivity contribution in [2.45, 2.75) is 31.5 Å². The maximum atomic E-state index is 13.4. The van der Waals surface area contributed by atoms with Crippen molar-refractivity contribution in [3.63, 3.8) is 0 Å². The van der Waals surface area contributed by atoms with Gasteiger partial charge in [0.25, 0.3) is 5.56 Å². The predicted molar refractivity (Wildman–Crippen MR) is 127 cm³/mol. The molecule has 7 nitrogen and oxygen atoms in total. The quantitative estimate of drug-likeness (QED) is 0.420. The molecule has 2 aromatic carbocycles. The zero-order valence-corrected chi connectivity index (χ0v) is 19.9. The van der Waals surface area contributed by atoms with Crippen molar-refractivity contribution in [3.05, 3.63) is 63.9 Å². The number of fused-ring (bicyclic) bond motifs is 1. The molecule has 1 fully saturated rings. The fourth-order valence-corrected chi connectivity index (χ4v) is 6.62. The number of aryl methyl sites for hydroxylation is 1. The van der Waals surface area contributed by atoms with Crippen LogP contribution in [-0.2, 0) is 14.6 Å². The molecule has 0 spiro atoms. The molecule has 4 rings (SSSR count). The molecule has 2 heterocycles. The molecular formula is C23H25N3O4S2. The van der Waals surface area contributed by atoms with Crippen molar-refractivity contribution in [2.24, 2.45) is 0 Å². The van der Waals surface area contributed by atoms with Crippen LogP contribution >= 0.6 is 11.8 Å². The predicted octanol–water partition coefficient (Wildman–Crippen LogP) is 2.74. The summed E-state index contributed by atoms with van der Waals surface area (Å²) in [7, 11) is -1.44. The van der Waals surface area contributed by atoms with Crippen LogP contribution in [0.25, 0.3) is 16.6 Å². The Kier molecular flexibility index (Phi) is 6.13. The SMILES string of the molecule is Cc1cccc(-n2c(SCC(=O)N(C)[C@H]3CCS(=O)(=O)C3)nc3ccccc3c2=O)c1C. The summed E-state index contributed by atoms with van der Waals surface area (Å²) in [6.45, 7) is 3.94. The zero-order chi connectivity index (χ0) is 23.0. The molecule has 1 amide bonds. The van der Waals surface area contributed by atoms with Crippen LogP contribution in [0.3, 0.4) is 0 Å². The van der Waals surface area contributed by atoms with Crippen molar-refractivity contribution < 1.29 is 13.2 Å². The second kappa shape index (κ2) is 8.71. The minimum absolute atomic E-state index is 0.00132. The highest BCUT2D eigenvalue weighted by molar-refractivity contribution is 7.99. The van der Waals surface area contributed by atoms with Crippen LogP contribution in [0.1, 0.15) is 17.5 Å². The van der Waals surface area contributed by atoms with Gasteiger partial charge in [0.1, 0.15) is 0 Å². The third kappa shape index (κ3) is 4.31. The first-order valence-corrected chi connectivity index (χ1v) is 13.2. The number of nitrogens with zero attached hydrogens (tertiary/aromatic N) is 3. The first-order chi connectivity index (χ1) is 15.2. The van der Waals surface area contributed by atoms with Crippen LogP contribution < -0.4 is 5.56 Å². The fourth-order valence-electron chi connectivity index (χ4n) is 3.91. The van der Waals surface area contributed by atoms with Crippen molar-refractivity contribution in [2.75, 3.05) is 24.3 Å². The Balaban J connectivity index is 1.70. The third-order valence-corrected chi connectivity index (χ3v) is 8.71. The lowest BCUT2D eigenvalue weighted by Crippen LogP contribution is -2.39. The Bertz CT molecular complexity index is 1370. The maximum Gasteiger partial charge on any atom is 0.266 e. The van der Waals surface area contributed by atoms with Crippen LogP contribution in [0.15, 0.2) is 52.4 Å². The van der Waals surface area contributed by atoms with Crippen LogP contribution in [0, 0.1) is 13.8 Å². The number of hydrogen-bond donors (Lipinski definition) is 0. The number of carbonyl (C=O) groups is 1. The minimum atomic E-state index is -3.08. The smallest absolute Gasteiger partial charge is 0.266 e. The molecule has 9 heteroatoms. The Morgan fingerprint density at radius 3 is 2.66 bits per heavy atom. The summed E-state index contributed by atoms with van der Waals surface area (Å²) in [4.78, 5) is 32.5. The van der Waals surface area contributed by atoms with Gasteiger partial charge in [0.2, 0.25) is 5.91 Å². The fraction of sp³-hybridized carbons (Fsp3) is 0.348. The molecule has 0 unspecified atom stereocenters. The van der Waals surface area contributed by atoms with E-state index in [1.54, 1.807) is 29.8 Å². The number of carbonyl (C=O) groups excluding carboxylic acids is 1. The Labute approximate surface area is 191 Å². The van der Waals surface area contributed by atoms with Gasteiger partial charge in [-0.1, -0.05) is 36.0 Å². The van der Waals surface area contributed by atoms with E-state index in [2.05, 4.69) is 0 Å². The number of rotatable bonds is 5. The molecule has 0 radical (unpaired) electrons. The third-order valence-electron chi connectivity index (χ3n) is 6.04. The van der Waals surface area contributed by atoms with Crippen molar-refractivity contribution in [1.29, 1.82) is 0 Å². The zero-order valence-electron chi connectivity index (χ0n) is 18.2. The van der Waals surface area contributed by atoms with Gasteiger partial charge in [-0.2, -0.15) is 0 Å². The van der Waals surface area contributed by atoms with E-state index in [1.807, 2.05) is 38.1 Å². The maximum absolute atomic E-state index is 13.4. The number of sulfone groups is 1. The number of aromatic nitrogens is 2. The van der Waals surface area contributed by atoms with Crippen molar-refractivity contribution in [1.82, 2.24) is 14.5 Å². The standard InChI is InChI=1S/C23H25N3O4S2/c1-15-7-6-10-20(16(15)2)26-22(28)18-8-4-5-9-19(18)24-23(26)31-13-21(27)25(3)17-11-12-32(29,30)14-17/h4-10,17H,11-14H2,1-3H3/t17-/m0/s1. The molecule has 32 heavy (non-hydrogen) atoms. The average molecular weight is 472 g/mol. The molecule has 1 atom stereocenters. The largest absolute Gasteiger partial charge is 0.341 e. The topological polar surface area (TPSA) is 89.3 Å². The molecule has 1 saturated heterocycles. The molecule has 0 N–H and O–H groups in total. The number of amides is 1. The first kappa shape index (κ1) is 22.5. The number of hydrogen-bond acceptors (Lipinski definition) is 6. The molecule has 1 aromatic heterocycles. The Morgan fingerprint density at radius 2 is 1.94 bits per heavy atom. The number of para-hydroxylation sites is 1. The van der Waals surface area contributed by atoms with E-state index >= 15 is 0 Å². The van der Waals surface area contributed by atoms with Gasteiger partial charge < -0.3 is 4.90 Å². The Morgan fingerprint density at radius 1 is 1.19 bits per heavy atom. The number of benzene rings is 2. The van der Waals surface area contributed by atoms with Gasteiger partial charge in [0.15, 0.2) is 15.0 Å². The Hall–Kier alpha value is -2.65. The van der Waals surface area contributed by atoms with E-state index in [-0.39, 0.29) is 34.8 Å². The lowest BCUT2D eigenvalue weighted by atomic mass is 10.1. The summed E-state index contributed by atoms with van der Waals surface area (Å²) in [5.41, 5.74) is 3.14. The van der Waals surface area contributed by atoms with Crippen molar-refractivity contribution in [3.8, 4) is 5.69 Å². The molecular weight excluding hydrogens is 446 g/mol. The molecule has 0 aliphatic carbocycles. The van der Waals surface area contributed by atoms with Crippen LogP contribution in [0.2, 0.25) is 0 Å². The van der Waals surface area contributed by atoms with E-state index in [9.17, 15) is 18.0 Å². The molecule has 3 aromatic rings. The highest BCUT2D eigenvalue weighted by Gasteiger charge is 2.32. The summed E-state index contributed by atoms with van der Waals surface area (Å²) in [5.74, 6) is -0.0165. The van der Waals surface area contributed by atoms with Crippen LogP contribution in [0.5, 0.6) is 0 Å². The highest BCUT2D eigenvalue weighted by Crippen LogP contribution is 2.25. The van der Waals surface area contributed by atoms with Crippen LogP contribution in [0.4, 0.5) is 0 Å². The van der Waals surface area contributed by atoms with E-state index in [4.69, 9.17) is 4.98 Å². The van der Waals surface area contributed by atoms with Gasteiger partial charge in [-0.25, -0.2) is 13.4 Å². The normalized spacial score (nSPS) is 17.5. The second-order valence-corrected chi connectivity index (χ2v) is 11.3. The lowest BCUT2D eigenvalue weighted by molar-refractivity contribution is -0.128. The van der Waals surface area contributed by atoms with Gasteiger partial charge in [0.05, 0.1) is 33.8 Å². The molecule has 168 valence electrons. The molecule has 1 aliphatic heterocycles. The summed E-state index contributed by atoms with van der Waals surface area (Å²) in [5, 5.41) is 0.945. The van der Waals surface area contributed by atoms with Gasteiger partial charge in [-0.15, -0.1) is 0 Å².